The quantitative estimate of drug-likeness (QED) is 0.886. The third kappa shape index (κ3) is 5.19. The maximum atomic E-state index is 12.8. The number of nitrogens with zero attached hydrogens (tertiary/aromatic N) is 1. The second-order valence-electron chi connectivity index (χ2n) is 5.66. The zero-order valence-electron chi connectivity index (χ0n) is 13.9. The molecule has 2 aromatic rings. The van der Waals surface area contributed by atoms with Crippen LogP contribution in [0.2, 0.25) is 0 Å². The molecule has 4 nitrogen and oxygen atoms in total. The molecule has 126 valence electrons. The summed E-state index contributed by atoms with van der Waals surface area (Å²) in [6.07, 6.45) is 0.185. The van der Waals surface area contributed by atoms with Crippen molar-refractivity contribution in [1.29, 1.82) is 0 Å². The lowest BCUT2D eigenvalue weighted by molar-refractivity contribution is -0.121. The normalized spacial score (nSPS) is 10.3. The molecule has 0 aliphatic carbocycles. The van der Waals surface area contributed by atoms with Crippen LogP contribution in [0.1, 0.15) is 18.1 Å². The molecule has 2 aromatic carbocycles. The van der Waals surface area contributed by atoms with E-state index in [4.69, 9.17) is 0 Å². The van der Waals surface area contributed by atoms with Gasteiger partial charge in [-0.2, -0.15) is 0 Å². The summed E-state index contributed by atoms with van der Waals surface area (Å²) in [7, 11) is 0. The highest BCUT2D eigenvalue weighted by atomic mass is 19.1. The van der Waals surface area contributed by atoms with Crippen molar-refractivity contribution in [3.63, 3.8) is 0 Å². The third-order valence-corrected chi connectivity index (χ3v) is 3.63. The highest BCUT2D eigenvalue weighted by Gasteiger charge is 2.12. The van der Waals surface area contributed by atoms with E-state index in [1.165, 1.54) is 19.1 Å². The van der Waals surface area contributed by atoms with Gasteiger partial charge in [0.1, 0.15) is 5.82 Å². The van der Waals surface area contributed by atoms with E-state index in [2.05, 4.69) is 5.32 Å². The van der Waals surface area contributed by atoms with Crippen molar-refractivity contribution in [2.45, 2.75) is 20.3 Å². The minimum Gasteiger partial charge on any atom is -0.354 e. The van der Waals surface area contributed by atoms with E-state index in [9.17, 15) is 14.0 Å². The average molecular weight is 328 g/mol. The number of hydrogen-bond donors (Lipinski definition) is 1. The highest BCUT2D eigenvalue weighted by molar-refractivity contribution is 5.91. The first kappa shape index (κ1) is 17.7. The van der Waals surface area contributed by atoms with E-state index >= 15 is 0 Å². The lowest BCUT2D eigenvalue weighted by Crippen LogP contribution is -2.38. The molecule has 0 unspecified atom stereocenters. The van der Waals surface area contributed by atoms with Crippen LogP contribution in [0.4, 0.5) is 10.1 Å². The Kier molecular flexibility index (Phi) is 6.07. The van der Waals surface area contributed by atoms with Gasteiger partial charge in [-0.25, -0.2) is 4.39 Å². The van der Waals surface area contributed by atoms with Gasteiger partial charge in [-0.15, -0.1) is 0 Å². The van der Waals surface area contributed by atoms with Gasteiger partial charge < -0.3 is 10.2 Å². The number of amides is 2. The van der Waals surface area contributed by atoms with Gasteiger partial charge in [0.05, 0.1) is 6.42 Å². The Balaban J connectivity index is 1.87. The van der Waals surface area contributed by atoms with Crippen LogP contribution in [-0.4, -0.2) is 24.9 Å². The fourth-order valence-corrected chi connectivity index (χ4v) is 2.42. The summed E-state index contributed by atoms with van der Waals surface area (Å²) in [5.41, 5.74) is 2.63. The Hall–Kier alpha value is -2.69. The predicted molar refractivity (Wildman–Crippen MR) is 92.3 cm³/mol. The van der Waals surface area contributed by atoms with Crippen molar-refractivity contribution in [2.24, 2.45) is 0 Å². The smallest absolute Gasteiger partial charge is 0.224 e. The minimum atomic E-state index is -0.325. The Morgan fingerprint density at radius 2 is 1.83 bits per heavy atom. The van der Waals surface area contributed by atoms with Gasteiger partial charge in [-0.3, -0.25) is 9.59 Å². The summed E-state index contributed by atoms with van der Waals surface area (Å²) in [6.45, 7) is 4.22. The number of benzene rings is 2. The highest BCUT2D eigenvalue weighted by Crippen LogP contribution is 2.15. The zero-order valence-corrected chi connectivity index (χ0v) is 13.9. The Bertz CT molecular complexity index is 714. The predicted octanol–water partition coefficient (Wildman–Crippen LogP) is 2.85. The lowest BCUT2D eigenvalue weighted by atomic mass is 10.1. The SMILES string of the molecule is CC(=O)N(CCNC(=O)Cc1ccc(F)cc1)c1cccc(C)c1. The molecule has 0 bridgehead atoms. The summed E-state index contributed by atoms with van der Waals surface area (Å²) in [5.74, 6) is -0.558. The molecule has 0 fully saturated rings. The molecule has 0 atom stereocenters. The van der Waals surface area contributed by atoms with Crippen LogP contribution in [0, 0.1) is 12.7 Å². The summed E-state index contributed by atoms with van der Waals surface area (Å²) in [4.78, 5) is 25.4. The van der Waals surface area contributed by atoms with E-state index in [0.29, 0.717) is 13.1 Å². The number of rotatable bonds is 6. The summed E-state index contributed by atoms with van der Waals surface area (Å²) in [5, 5.41) is 2.79. The minimum absolute atomic E-state index is 0.0756. The third-order valence-electron chi connectivity index (χ3n) is 3.63. The number of hydrogen-bond acceptors (Lipinski definition) is 2. The summed E-state index contributed by atoms with van der Waals surface area (Å²) >= 11 is 0. The number of aryl methyl sites for hydroxylation is 1. The molecular formula is C19H21FN2O2. The molecule has 24 heavy (non-hydrogen) atoms. The van der Waals surface area contributed by atoms with Crippen LogP contribution < -0.4 is 10.2 Å². The Labute approximate surface area is 141 Å². The van der Waals surface area contributed by atoms with Crippen LogP contribution in [-0.2, 0) is 16.0 Å². The summed E-state index contributed by atoms with van der Waals surface area (Å²) < 4.78 is 12.8. The molecule has 0 heterocycles. The van der Waals surface area contributed by atoms with E-state index in [1.807, 2.05) is 31.2 Å². The molecule has 1 N–H and O–H groups in total. The van der Waals surface area contributed by atoms with Crippen LogP contribution >= 0.6 is 0 Å². The second-order valence-corrected chi connectivity index (χ2v) is 5.66. The number of anilines is 1. The average Bonchev–Trinajstić information content (AvgIpc) is 2.53. The molecule has 2 rings (SSSR count). The molecule has 0 saturated carbocycles. The van der Waals surface area contributed by atoms with Crippen molar-refractivity contribution in [2.75, 3.05) is 18.0 Å². The Morgan fingerprint density at radius 1 is 1.12 bits per heavy atom. The van der Waals surface area contributed by atoms with Gasteiger partial charge in [0.25, 0.3) is 0 Å². The van der Waals surface area contributed by atoms with Crippen LogP contribution in [0.15, 0.2) is 48.5 Å². The van der Waals surface area contributed by atoms with E-state index in [1.54, 1.807) is 17.0 Å². The zero-order chi connectivity index (χ0) is 17.5. The monoisotopic (exact) mass is 328 g/mol. The fraction of sp³-hybridized carbons (Fsp3) is 0.263. The van der Waals surface area contributed by atoms with Crippen LogP contribution in [0.25, 0.3) is 0 Å². The molecule has 5 heteroatoms. The van der Waals surface area contributed by atoms with Crippen LogP contribution in [0.3, 0.4) is 0 Å². The van der Waals surface area contributed by atoms with Crippen molar-refractivity contribution in [1.82, 2.24) is 5.32 Å². The molecule has 0 saturated heterocycles. The first-order chi connectivity index (χ1) is 11.5. The molecule has 2 amide bonds. The molecular weight excluding hydrogens is 307 g/mol. The fourth-order valence-electron chi connectivity index (χ4n) is 2.42. The number of halogens is 1. The lowest BCUT2D eigenvalue weighted by Gasteiger charge is -2.21. The van der Waals surface area contributed by atoms with Crippen molar-refractivity contribution in [3.05, 3.63) is 65.5 Å². The number of carbonyl (C=O) groups excluding carboxylic acids is 2. The molecule has 0 radical (unpaired) electrons. The topological polar surface area (TPSA) is 49.4 Å². The van der Waals surface area contributed by atoms with Crippen molar-refractivity contribution < 1.29 is 14.0 Å². The molecule has 0 spiro atoms. The molecule has 0 aliphatic heterocycles. The summed E-state index contributed by atoms with van der Waals surface area (Å²) in [6, 6.07) is 13.5. The van der Waals surface area contributed by atoms with Gasteiger partial charge in [0.2, 0.25) is 11.8 Å². The van der Waals surface area contributed by atoms with Crippen LogP contribution in [0.5, 0.6) is 0 Å². The number of nitrogens with one attached hydrogen (secondary N) is 1. The van der Waals surface area contributed by atoms with E-state index < -0.39 is 0 Å². The van der Waals surface area contributed by atoms with Gasteiger partial charge in [-0.1, -0.05) is 24.3 Å². The van der Waals surface area contributed by atoms with Crippen molar-refractivity contribution >= 4 is 17.5 Å². The van der Waals surface area contributed by atoms with Gasteiger partial charge >= 0.3 is 0 Å². The maximum absolute atomic E-state index is 12.8. The Morgan fingerprint density at radius 3 is 2.46 bits per heavy atom. The van der Waals surface area contributed by atoms with E-state index in [-0.39, 0.29) is 24.1 Å². The molecule has 0 aromatic heterocycles. The maximum Gasteiger partial charge on any atom is 0.224 e. The van der Waals surface area contributed by atoms with Gasteiger partial charge in [0, 0.05) is 25.7 Å². The largest absolute Gasteiger partial charge is 0.354 e. The number of carbonyl (C=O) groups is 2. The van der Waals surface area contributed by atoms with Gasteiger partial charge in [0.15, 0.2) is 0 Å². The first-order valence-electron chi connectivity index (χ1n) is 7.81. The van der Waals surface area contributed by atoms with Crippen molar-refractivity contribution in [3.8, 4) is 0 Å². The first-order valence-corrected chi connectivity index (χ1v) is 7.81. The van der Waals surface area contributed by atoms with Gasteiger partial charge in [-0.05, 0) is 42.3 Å². The van der Waals surface area contributed by atoms with E-state index in [0.717, 1.165) is 16.8 Å². The standard InChI is InChI=1S/C19H21FN2O2/c1-14-4-3-5-18(12-14)22(15(2)23)11-10-21-19(24)13-16-6-8-17(20)9-7-16/h3-9,12H,10-11,13H2,1-2H3,(H,21,24). The second kappa shape index (κ2) is 8.24. The molecule has 0 aliphatic rings.